The first-order chi connectivity index (χ1) is 13.5. The first kappa shape index (κ1) is 20.4. The number of carbonyl (C=O) groups is 1. The van der Waals surface area contributed by atoms with Crippen molar-refractivity contribution in [2.45, 2.75) is 26.3 Å². The number of anilines is 1. The van der Waals surface area contributed by atoms with Crippen LogP contribution in [0.1, 0.15) is 30.9 Å². The Morgan fingerprint density at radius 3 is 2.36 bits per heavy atom. The number of piperazine rings is 1. The van der Waals surface area contributed by atoms with E-state index in [1.54, 1.807) is 7.11 Å². The summed E-state index contributed by atoms with van der Waals surface area (Å²) in [5.41, 5.74) is 3.41. The second-order valence-electron chi connectivity index (χ2n) is 7.73. The molecule has 1 amide bonds. The van der Waals surface area contributed by atoms with Crippen molar-refractivity contribution in [2.24, 2.45) is 0 Å². The summed E-state index contributed by atoms with van der Waals surface area (Å²) in [5, 5.41) is 3.01. The summed E-state index contributed by atoms with van der Waals surface area (Å²) in [6.45, 7) is 9.44. The SMILES string of the molecule is COc1cccc(CN2CCN(CC(=O)Nc3ccc(C(C)C)cc3)CC2)c1. The molecule has 1 aliphatic rings. The Kier molecular flexibility index (Phi) is 7.06. The topological polar surface area (TPSA) is 44.8 Å². The van der Waals surface area contributed by atoms with Crippen LogP contribution in [0.5, 0.6) is 5.75 Å². The first-order valence-electron chi connectivity index (χ1n) is 10.0. The van der Waals surface area contributed by atoms with E-state index in [1.807, 2.05) is 24.3 Å². The molecule has 150 valence electrons. The van der Waals surface area contributed by atoms with Gasteiger partial charge in [-0.15, -0.1) is 0 Å². The van der Waals surface area contributed by atoms with Gasteiger partial charge in [0.25, 0.3) is 0 Å². The Labute approximate surface area is 168 Å². The Balaban J connectivity index is 1.42. The highest BCUT2D eigenvalue weighted by Crippen LogP contribution is 2.18. The number of hydrogen-bond acceptors (Lipinski definition) is 4. The third-order valence-electron chi connectivity index (χ3n) is 5.23. The summed E-state index contributed by atoms with van der Waals surface area (Å²) < 4.78 is 5.30. The fourth-order valence-electron chi connectivity index (χ4n) is 3.49. The normalized spacial score (nSPS) is 15.6. The van der Waals surface area contributed by atoms with Gasteiger partial charge in [0, 0.05) is 38.4 Å². The molecule has 1 heterocycles. The van der Waals surface area contributed by atoms with Crippen molar-refractivity contribution in [1.29, 1.82) is 0 Å². The number of rotatable bonds is 7. The number of carbonyl (C=O) groups excluding carboxylic acids is 1. The Bertz CT molecular complexity index is 766. The van der Waals surface area contributed by atoms with E-state index in [0.717, 1.165) is 44.2 Å². The highest BCUT2D eigenvalue weighted by molar-refractivity contribution is 5.92. The van der Waals surface area contributed by atoms with Crippen molar-refractivity contribution in [1.82, 2.24) is 9.80 Å². The summed E-state index contributed by atoms with van der Waals surface area (Å²) in [6.07, 6.45) is 0. The molecule has 1 fully saturated rings. The summed E-state index contributed by atoms with van der Waals surface area (Å²) in [5.74, 6) is 1.45. The summed E-state index contributed by atoms with van der Waals surface area (Å²) >= 11 is 0. The maximum Gasteiger partial charge on any atom is 0.238 e. The Morgan fingerprint density at radius 2 is 1.71 bits per heavy atom. The molecule has 28 heavy (non-hydrogen) atoms. The first-order valence-corrected chi connectivity index (χ1v) is 10.0. The number of nitrogens with one attached hydrogen (secondary N) is 1. The van der Waals surface area contributed by atoms with Crippen LogP contribution in [-0.2, 0) is 11.3 Å². The Hall–Kier alpha value is -2.37. The highest BCUT2D eigenvalue weighted by atomic mass is 16.5. The molecule has 0 aromatic heterocycles. The maximum atomic E-state index is 12.4. The van der Waals surface area contributed by atoms with Crippen molar-refractivity contribution in [3.05, 3.63) is 59.7 Å². The van der Waals surface area contributed by atoms with E-state index in [-0.39, 0.29) is 5.91 Å². The molecule has 5 nitrogen and oxygen atoms in total. The Morgan fingerprint density at radius 1 is 1.04 bits per heavy atom. The largest absolute Gasteiger partial charge is 0.497 e. The maximum absolute atomic E-state index is 12.4. The summed E-state index contributed by atoms with van der Waals surface area (Å²) in [4.78, 5) is 17.0. The van der Waals surface area contributed by atoms with Gasteiger partial charge in [-0.1, -0.05) is 38.1 Å². The molecule has 1 aliphatic heterocycles. The van der Waals surface area contributed by atoms with E-state index < -0.39 is 0 Å². The minimum atomic E-state index is 0.0542. The van der Waals surface area contributed by atoms with E-state index in [0.29, 0.717) is 12.5 Å². The van der Waals surface area contributed by atoms with E-state index in [9.17, 15) is 4.79 Å². The average molecular weight is 382 g/mol. The van der Waals surface area contributed by atoms with Crippen LogP contribution >= 0.6 is 0 Å². The van der Waals surface area contributed by atoms with Gasteiger partial charge in [0.2, 0.25) is 5.91 Å². The van der Waals surface area contributed by atoms with Crippen LogP contribution in [0.15, 0.2) is 48.5 Å². The second-order valence-corrected chi connectivity index (χ2v) is 7.73. The van der Waals surface area contributed by atoms with Gasteiger partial charge in [-0.2, -0.15) is 0 Å². The molecular weight excluding hydrogens is 350 g/mol. The van der Waals surface area contributed by atoms with Crippen molar-refractivity contribution in [3.8, 4) is 5.75 Å². The van der Waals surface area contributed by atoms with Gasteiger partial charge in [-0.25, -0.2) is 0 Å². The van der Waals surface area contributed by atoms with Crippen LogP contribution in [0.25, 0.3) is 0 Å². The number of nitrogens with zero attached hydrogens (tertiary/aromatic N) is 2. The van der Waals surface area contributed by atoms with Crippen molar-refractivity contribution in [3.63, 3.8) is 0 Å². The van der Waals surface area contributed by atoms with Crippen LogP contribution < -0.4 is 10.1 Å². The number of amides is 1. The predicted octanol–water partition coefficient (Wildman–Crippen LogP) is 3.57. The molecular formula is C23H31N3O2. The lowest BCUT2D eigenvalue weighted by molar-refractivity contribution is -0.117. The summed E-state index contributed by atoms with van der Waals surface area (Å²) in [6, 6.07) is 16.4. The lowest BCUT2D eigenvalue weighted by Gasteiger charge is -2.34. The molecule has 1 saturated heterocycles. The van der Waals surface area contributed by atoms with Gasteiger partial charge in [0.05, 0.1) is 13.7 Å². The molecule has 0 saturated carbocycles. The van der Waals surface area contributed by atoms with Crippen LogP contribution in [0.2, 0.25) is 0 Å². The zero-order chi connectivity index (χ0) is 19.9. The highest BCUT2D eigenvalue weighted by Gasteiger charge is 2.19. The fourth-order valence-corrected chi connectivity index (χ4v) is 3.49. The van der Waals surface area contributed by atoms with E-state index in [2.05, 4.69) is 53.2 Å². The van der Waals surface area contributed by atoms with Gasteiger partial charge in [-0.3, -0.25) is 14.6 Å². The van der Waals surface area contributed by atoms with E-state index in [4.69, 9.17) is 4.74 Å². The molecule has 0 radical (unpaired) electrons. The minimum absolute atomic E-state index is 0.0542. The monoisotopic (exact) mass is 381 g/mol. The molecule has 0 unspecified atom stereocenters. The van der Waals surface area contributed by atoms with Gasteiger partial charge < -0.3 is 10.1 Å². The van der Waals surface area contributed by atoms with Gasteiger partial charge in [-0.05, 0) is 41.3 Å². The molecule has 0 spiro atoms. The third kappa shape index (κ3) is 5.81. The molecule has 2 aromatic carbocycles. The van der Waals surface area contributed by atoms with Crippen molar-refractivity contribution < 1.29 is 9.53 Å². The predicted molar refractivity (Wildman–Crippen MR) is 114 cm³/mol. The standard InChI is InChI=1S/C23H31N3O2/c1-18(2)20-7-9-21(10-8-20)24-23(27)17-26-13-11-25(12-14-26)16-19-5-4-6-22(15-19)28-3/h4-10,15,18H,11-14,16-17H2,1-3H3,(H,24,27). The number of hydrogen-bond donors (Lipinski definition) is 1. The molecule has 5 heteroatoms. The molecule has 1 N–H and O–H groups in total. The molecule has 0 bridgehead atoms. The molecule has 2 aromatic rings. The van der Waals surface area contributed by atoms with Crippen molar-refractivity contribution in [2.75, 3.05) is 45.2 Å². The quantitative estimate of drug-likeness (QED) is 0.796. The average Bonchev–Trinajstić information content (AvgIpc) is 2.70. The lowest BCUT2D eigenvalue weighted by Crippen LogP contribution is -2.48. The van der Waals surface area contributed by atoms with Crippen LogP contribution in [0.4, 0.5) is 5.69 Å². The van der Waals surface area contributed by atoms with Crippen LogP contribution in [0, 0.1) is 0 Å². The van der Waals surface area contributed by atoms with Crippen LogP contribution in [0.3, 0.4) is 0 Å². The number of ether oxygens (including phenoxy) is 1. The molecule has 3 rings (SSSR count). The lowest BCUT2D eigenvalue weighted by atomic mass is 10.0. The fraction of sp³-hybridized carbons (Fsp3) is 0.435. The number of benzene rings is 2. The smallest absolute Gasteiger partial charge is 0.238 e. The minimum Gasteiger partial charge on any atom is -0.497 e. The van der Waals surface area contributed by atoms with Gasteiger partial charge in [0.1, 0.15) is 5.75 Å². The zero-order valence-corrected chi connectivity index (χ0v) is 17.1. The van der Waals surface area contributed by atoms with Gasteiger partial charge >= 0.3 is 0 Å². The van der Waals surface area contributed by atoms with Gasteiger partial charge in [0.15, 0.2) is 0 Å². The molecule has 0 aliphatic carbocycles. The van der Waals surface area contributed by atoms with E-state index >= 15 is 0 Å². The summed E-state index contributed by atoms with van der Waals surface area (Å²) in [7, 11) is 1.70. The van der Waals surface area contributed by atoms with Crippen molar-refractivity contribution >= 4 is 11.6 Å². The van der Waals surface area contributed by atoms with E-state index in [1.165, 1.54) is 11.1 Å². The second kappa shape index (κ2) is 9.71. The number of methoxy groups -OCH3 is 1. The zero-order valence-electron chi connectivity index (χ0n) is 17.1. The van der Waals surface area contributed by atoms with Crippen LogP contribution in [-0.4, -0.2) is 55.5 Å². The third-order valence-corrected chi connectivity index (χ3v) is 5.23. The molecule has 0 atom stereocenters.